The third kappa shape index (κ3) is 1.70. The fourth-order valence-corrected chi connectivity index (χ4v) is 1.81. The summed E-state index contributed by atoms with van der Waals surface area (Å²) in [5.74, 6) is 0.599. The molecule has 0 fully saturated rings. The Labute approximate surface area is 95.0 Å². The average molecular weight is 273 g/mol. The van der Waals surface area contributed by atoms with Crippen LogP contribution >= 0.6 is 27.5 Å². The number of methoxy groups -OCH3 is 1. The minimum atomic E-state index is 0.387. The van der Waals surface area contributed by atoms with Gasteiger partial charge in [0.05, 0.1) is 12.6 Å². The summed E-state index contributed by atoms with van der Waals surface area (Å²) in [5.41, 5.74) is 0.852. The number of pyridine rings is 1. The highest BCUT2D eigenvalue weighted by molar-refractivity contribution is 9.10. The minimum Gasteiger partial charge on any atom is -0.494 e. The molecule has 0 radical (unpaired) electrons. The average Bonchev–Trinajstić information content (AvgIpc) is 2.16. The Morgan fingerprint density at radius 3 is 2.86 bits per heavy atom. The molecular formula is C10H7BrClNO. The molecule has 2 nitrogen and oxygen atoms in total. The lowest BCUT2D eigenvalue weighted by atomic mass is 10.2. The molecule has 72 valence electrons. The van der Waals surface area contributed by atoms with Crippen LogP contribution in [-0.2, 0) is 0 Å². The van der Waals surface area contributed by atoms with Gasteiger partial charge in [0, 0.05) is 9.86 Å². The number of rotatable bonds is 1. The predicted molar refractivity (Wildman–Crippen MR) is 61.0 cm³/mol. The molecule has 0 bridgehead atoms. The van der Waals surface area contributed by atoms with Crippen molar-refractivity contribution in [1.82, 2.24) is 4.98 Å². The summed E-state index contributed by atoms with van der Waals surface area (Å²) >= 11 is 9.28. The molecule has 0 amide bonds. The van der Waals surface area contributed by atoms with Crippen LogP contribution in [0.2, 0.25) is 5.15 Å². The van der Waals surface area contributed by atoms with Crippen molar-refractivity contribution in [2.24, 2.45) is 0 Å². The van der Waals surface area contributed by atoms with Gasteiger partial charge in [-0.15, -0.1) is 0 Å². The summed E-state index contributed by atoms with van der Waals surface area (Å²) in [6.07, 6.45) is 0. The molecule has 1 heterocycles. The van der Waals surface area contributed by atoms with E-state index in [0.717, 1.165) is 15.4 Å². The van der Waals surface area contributed by atoms with E-state index >= 15 is 0 Å². The van der Waals surface area contributed by atoms with Gasteiger partial charge >= 0.3 is 0 Å². The van der Waals surface area contributed by atoms with Crippen LogP contribution in [-0.4, -0.2) is 12.1 Å². The SMILES string of the molecule is COc1cc2ccc(Br)cc2nc1Cl. The Bertz CT molecular complexity index is 487. The van der Waals surface area contributed by atoms with Crippen LogP contribution in [0.5, 0.6) is 5.75 Å². The van der Waals surface area contributed by atoms with E-state index in [1.807, 2.05) is 24.3 Å². The maximum atomic E-state index is 5.90. The third-order valence-corrected chi connectivity index (χ3v) is 2.68. The molecule has 0 atom stereocenters. The number of halogens is 2. The molecule has 0 aliphatic heterocycles. The molecule has 4 heteroatoms. The van der Waals surface area contributed by atoms with E-state index in [0.29, 0.717) is 10.9 Å². The van der Waals surface area contributed by atoms with E-state index in [9.17, 15) is 0 Å². The molecule has 1 aromatic heterocycles. The molecule has 0 unspecified atom stereocenters. The van der Waals surface area contributed by atoms with Crippen molar-refractivity contribution >= 4 is 38.4 Å². The number of hydrogen-bond acceptors (Lipinski definition) is 2. The second kappa shape index (κ2) is 3.75. The predicted octanol–water partition coefficient (Wildman–Crippen LogP) is 3.66. The van der Waals surface area contributed by atoms with Gasteiger partial charge in [-0.05, 0) is 18.2 Å². The first-order valence-corrected chi connectivity index (χ1v) is 5.17. The standard InChI is InChI=1S/C10H7BrClNO/c1-14-9-4-6-2-3-7(11)5-8(6)13-10(9)12/h2-5H,1H3. The molecular weight excluding hydrogens is 265 g/mol. The monoisotopic (exact) mass is 271 g/mol. The molecule has 0 spiro atoms. The van der Waals surface area contributed by atoms with Gasteiger partial charge in [0.2, 0.25) is 0 Å². The number of ether oxygens (including phenoxy) is 1. The summed E-state index contributed by atoms with van der Waals surface area (Å²) in [6, 6.07) is 7.71. The largest absolute Gasteiger partial charge is 0.494 e. The second-order valence-corrected chi connectivity index (χ2v) is 4.09. The van der Waals surface area contributed by atoms with Crippen molar-refractivity contribution in [3.05, 3.63) is 33.9 Å². The van der Waals surface area contributed by atoms with Crippen molar-refractivity contribution in [2.75, 3.05) is 7.11 Å². The Balaban J connectivity index is 2.73. The fourth-order valence-electron chi connectivity index (χ4n) is 1.24. The molecule has 0 aliphatic carbocycles. The van der Waals surface area contributed by atoms with Crippen molar-refractivity contribution in [2.45, 2.75) is 0 Å². The first-order valence-electron chi connectivity index (χ1n) is 4.00. The second-order valence-electron chi connectivity index (χ2n) is 2.82. The van der Waals surface area contributed by atoms with E-state index in [1.54, 1.807) is 7.11 Å². The summed E-state index contributed by atoms with van der Waals surface area (Å²) in [4.78, 5) is 4.22. The molecule has 14 heavy (non-hydrogen) atoms. The van der Waals surface area contributed by atoms with Gasteiger partial charge in [0.15, 0.2) is 10.9 Å². The molecule has 2 rings (SSSR count). The molecule has 1 aromatic carbocycles. The van der Waals surface area contributed by atoms with E-state index in [2.05, 4.69) is 20.9 Å². The van der Waals surface area contributed by atoms with E-state index in [1.165, 1.54) is 0 Å². The van der Waals surface area contributed by atoms with Gasteiger partial charge in [-0.3, -0.25) is 0 Å². The smallest absolute Gasteiger partial charge is 0.171 e. The summed E-state index contributed by atoms with van der Waals surface area (Å²) in [6.45, 7) is 0. The Morgan fingerprint density at radius 2 is 2.14 bits per heavy atom. The lowest BCUT2D eigenvalue weighted by Gasteiger charge is -2.04. The van der Waals surface area contributed by atoms with Crippen LogP contribution in [0.3, 0.4) is 0 Å². The normalized spacial score (nSPS) is 10.5. The summed E-state index contributed by atoms with van der Waals surface area (Å²) in [5, 5.41) is 1.40. The number of hydrogen-bond donors (Lipinski definition) is 0. The Hall–Kier alpha value is -0.800. The van der Waals surface area contributed by atoms with Crippen molar-refractivity contribution in [3.63, 3.8) is 0 Å². The number of fused-ring (bicyclic) bond motifs is 1. The van der Waals surface area contributed by atoms with E-state index in [-0.39, 0.29) is 0 Å². The van der Waals surface area contributed by atoms with Crippen LogP contribution in [0.15, 0.2) is 28.7 Å². The van der Waals surface area contributed by atoms with E-state index < -0.39 is 0 Å². The lowest BCUT2D eigenvalue weighted by Crippen LogP contribution is -1.88. The highest BCUT2D eigenvalue weighted by Gasteiger charge is 2.04. The highest BCUT2D eigenvalue weighted by Crippen LogP contribution is 2.27. The first-order chi connectivity index (χ1) is 6.70. The number of aromatic nitrogens is 1. The van der Waals surface area contributed by atoms with E-state index in [4.69, 9.17) is 16.3 Å². The summed E-state index contributed by atoms with van der Waals surface area (Å²) < 4.78 is 6.06. The van der Waals surface area contributed by atoms with Crippen molar-refractivity contribution in [3.8, 4) is 5.75 Å². The molecule has 0 saturated carbocycles. The Morgan fingerprint density at radius 1 is 1.36 bits per heavy atom. The lowest BCUT2D eigenvalue weighted by molar-refractivity contribution is 0.414. The van der Waals surface area contributed by atoms with Crippen LogP contribution in [0.4, 0.5) is 0 Å². The quantitative estimate of drug-likeness (QED) is 0.739. The van der Waals surface area contributed by atoms with Gasteiger partial charge < -0.3 is 4.74 Å². The molecule has 2 aromatic rings. The third-order valence-electron chi connectivity index (χ3n) is 1.92. The minimum absolute atomic E-state index is 0.387. The van der Waals surface area contributed by atoms with Crippen LogP contribution < -0.4 is 4.74 Å². The first kappa shape index (κ1) is 9.74. The zero-order chi connectivity index (χ0) is 10.1. The highest BCUT2D eigenvalue weighted by atomic mass is 79.9. The number of benzene rings is 1. The molecule has 0 aliphatic rings. The molecule has 0 saturated heterocycles. The van der Waals surface area contributed by atoms with Gasteiger partial charge in [-0.1, -0.05) is 33.6 Å². The zero-order valence-electron chi connectivity index (χ0n) is 7.42. The molecule has 0 N–H and O–H groups in total. The van der Waals surface area contributed by atoms with Crippen LogP contribution in [0.1, 0.15) is 0 Å². The van der Waals surface area contributed by atoms with Gasteiger partial charge in [0.25, 0.3) is 0 Å². The van der Waals surface area contributed by atoms with Gasteiger partial charge in [-0.25, -0.2) is 4.98 Å². The maximum Gasteiger partial charge on any atom is 0.171 e. The van der Waals surface area contributed by atoms with Crippen LogP contribution in [0, 0.1) is 0 Å². The van der Waals surface area contributed by atoms with Crippen LogP contribution in [0.25, 0.3) is 10.9 Å². The Kier molecular flexibility index (Phi) is 2.61. The summed E-state index contributed by atoms with van der Waals surface area (Å²) in [7, 11) is 1.58. The fraction of sp³-hybridized carbons (Fsp3) is 0.100. The van der Waals surface area contributed by atoms with Gasteiger partial charge in [0.1, 0.15) is 0 Å². The zero-order valence-corrected chi connectivity index (χ0v) is 9.76. The topological polar surface area (TPSA) is 22.1 Å². The van der Waals surface area contributed by atoms with Crippen molar-refractivity contribution in [1.29, 1.82) is 0 Å². The van der Waals surface area contributed by atoms with Crippen molar-refractivity contribution < 1.29 is 4.74 Å². The maximum absolute atomic E-state index is 5.90. The number of nitrogens with zero attached hydrogens (tertiary/aromatic N) is 1. The van der Waals surface area contributed by atoms with Gasteiger partial charge in [-0.2, -0.15) is 0 Å².